The van der Waals surface area contributed by atoms with Crippen molar-refractivity contribution in [1.82, 2.24) is 14.8 Å². The lowest BCUT2D eigenvalue weighted by Crippen LogP contribution is -2.37. The molecule has 1 aromatic carbocycles. The van der Waals surface area contributed by atoms with E-state index in [0.29, 0.717) is 6.54 Å². The first-order valence-electron chi connectivity index (χ1n) is 7.95. The third-order valence-corrected chi connectivity index (χ3v) is 4.76. The minimum absolute atomic E-state index is 0.0202. The first-order valence-corrected chi connectivity index (χ1v) is 7.95. The fourth-order valence-corrected chi connectivity index (χ4v) is 3.52. The van der Waals surface area contributed by atoms with Gasteiger partial charge in [0.1, 0.15) is 11.6 Å². The third kappa shape index (κ3) is 2.60. The molecule has 3 rings (SSSR count). The summed E-state index contributed by atoms with van der Waals surface area (Å²) in [6, 6.07) is 10.4. The normalized spacial score (nSPS) is 18.4. The Balaban J connectivity index is 2.09. The first-order chi connectivity index (χ1) is 10.3. The number of hydrogen-bond donors (Lipinski definition) is 1. The molecule has 2 aromatic rings. The molecule has 0 aliphatic heterocycles. The van der Waals surface area contributed by atoms with Crippen LogP contribution in [0.1, 0.15) is 50.2 Å². The van der Waals surface area contributed by atoms with Crippen molar-refractivity contribution < 1.29 is 0 Å². The average Bonchev–Trinajstić information content (AvgIpc) is 2.76. The summed E-state index contributed by atoms with van der Waals surface area (Å²) in [4.78, 5) is 0. The highest BCUT2D eigenvalue weighted by molar-refractivity contribution is 5.35. The van der Waals surface area contributed by atoms with Crippen molar-refractivity contribution in [3.8, 4) is 5.69 Å². The first kappa shape index (κ1) is 14.3. The maximum Gasteiger partial charge on any atom is 0.145 e. The number of nitrogens with zero attached hydrogens (tertiary/aromatic N) is 3. The van der Waals surface area contributed by atoms with Crippen LogP contribution in [-0.4, -0.2) is 21.3 Å². The zero-order valence-electron chi connectivity index (χ0n) is 12.8. The highest BCUT2D eigenvalue weighted by atomic mass is 15.3. The van der Waals surface area contributed by atoms with Crippen LogP contribution in [0.5, 0.6) is 0 Å². The van der Waals surface area contributed by atoms with Gasteiger partial charge in [-0.3, -0.25) is 4.57 Å². The topological polar surface area (TPSA) is 56.7 Å². The number of benzene rings is 1. The SMILES string of the molecule is Cc1nnc(C2(CN)CCCCCC2)n1-c1ccccc1. The second-order valence-corrected chi connectivity index (χ2v) is 6.14. The number of para-hydroxylation sites is 1. The lowest BCUT2D eigenvalue weighted by Gasteiger charge is -2.31. The Labute approximate surface area is 126 Å². The van der Waals surface area contributed by atoms with E-state index in [2.05, 4.69) is 39.0 Å². The molecule has 21 heavy (non-hydrogen) atoms. The summed E-state index contributed by atoms with van der Waals surface area (Å²) in [7, 11) is 0. The zero-order valence-corrected chi connectivity index (χ0v) is 12.8. The molecule has 4 nitrogen and oxygen atoms in total. The maximum atomic E-state index is 6.21. The summed E-state index contributed by atoms with van der Waals surface area (Å²) in [5, 5.41) is 8.88. The summed E-state index contributed by atoms with van der Waals surface area (Å²) >= 11 is 0. The van der Waals surface area contributed by atoms with Gasteiger partial charge in [0.05, 0.1) is 0 Å². The van der Waals surface area contributed by atoms with Crippen LogP contribution < -0.4 is 5.73 Å². The Morgan fingerprint density at radius 3 is 2.33 bits per heavy atom. The molecule has 1 aliphatic carbocycles. The van der Waals surface area contributed by atoms with Crippen LogP contribution >= 0.6 is 0 Å². The summed E-state index contributed by atoms with van der Waals surface area (Å²) in [6.45, 7) is 2.67. The van der Waals surface area contributed by atoms with Gasteiger partial charge in [0.25, 0.3) is 0 Å². The standard InChI is InChI=1S/C17H24N4/c1-14-19-20-16(21(14)15-9-5-4-6-10-15)17(13-18)11-7-2-3-8-12-17/h4-6,9-10H,2-3,7-8,11-13,18H2,1H3. The second-order valence-electron chi connectivity index (χ2n) is 6.14. The van der Waals surface area contributed by atoms with Crippen LogP contribution in [0.15, 0.2) is 30.3 Å². The zero-order chi connectivity index (χ0) is 14.7. The third-order valence-electron chi connectivity index (χ3n) is 4.76. The van der Waals surface area contributed by atoms with Gasteiger partial charge in [-0.1, -0.05) is 43.9 Å². The number of aromatic nitrogens is 3. The quantitative estimate of drug-likeness (QED) is 0.881. The molecule has 2 N–H and O–H groups in total. The number of aryl methyl sites for hydroxylation is 1. The Morgan fingerprint density at radius 1 is 1.05 bits per heavy atom. The van der Waals surface area contributed by atoms with E-state index in [0.717, 1.165) is 30.2 Å². The van der Waals surface area contributed by atoms with Crippen LogP contribution in [0.4, 0.5) is 0 Å². The van der Waals surface area contributed by atoms with Crippen molar-refractivity contribution in [2.45, 2.75) is 50.9 Å². The van der Waals surface area contributed by atoms with Crippen LogP contribution in [0.3, 0.4) is 0 Å². The van der Waals surface area contributed by atoms with E-state index in [9.17, 15) is 0 Å². The van der Waals surface area contributed by atoms with E-state index in [-0.39, 0.29) is 5.41 Å². The molecule has 0 saturated heterocycles. The van der Waals surface area contributed by atoms with E-state index < -0.39 is 0 Å². The minimum atomic E-state index is -0.0202. The Morgan fingerprint density at radius 2 is 1.71 bits per heavy atom. The fraction of sp³-hybridized carbons (Fsp3) is 0.529. The number of rotatable bonds is 3. The highest BCUT2D eigenvalue weighted by Gasteiger charge is 2.37. The van der Waals surface area contributed by atoms with Gasteiger partial charge in [-0.15, -0.1) is 10.2 Å². The van der Waals surface area contributed by atoms with Gasteiger partial charge < -0.3 is 5.73 Å². The minimum Gasteiger partial charge on any atom is -0.329 e. The molecule has 1 saturated carbocycles. The fourth-order valence-electron chi connectivity index (χ4n) is 3.52. The maximum absolute atomic E-state index is 6.21. The molecule has 1 aliphatic rings. The van der Waals surface area contributed by atoms with E-state index >= 15 is 0 Å². The lowest BCUT2D eigenvalue weighted by atomic mass is 9.79. The smallest absolute Gasteiger partial charge is 0.145 e. The van der Waals surface area contributed by atoms with Crippen LogP contribution in [-0.2, 0) is 5.41 Å². The summed E-state index contributed by atoms with van der Waals surface area (Å²) in [6.07, 6.45) is 7.32. The molecular weight excluding hydrogens is 260 g/mol. The molecule has 112 valence electrons. The summed E-state index contributed by atoms with van der Waals surface area (Å²) < 4.78 is 2.19. The van der Waals surface area contributed by atoms with Crippen LogP contribution in [0.25, 0.3) is 5.69 Å². The molecule has 1 heterocycles. The van der Waals surface area contributed by atoms with Gasteiger partial charge in [-0.05, 0) is 31.9 Å². The van der Waals surface area contributed by atoms with Crippen LogP contribution in [0.2, 0.25) is 0 Å². The van der Waals surface area contributed by atoms with Crippen molar-refractivity contribution in [3.63, 3.8) is 0 Å². The Bertz CT molecular complexity index is 580. The van der Waals surface area contributed by atoms with Gasteiger partial charge in [0, 0.05) is 17.6 Å². The number of nitrogens with two attached hydrogens (primary N) is 1. The van der Waals surface area contributed by atoms with Crippen molar-refractivity contribution in [3.05, 3.63) is 42.0 Å². The Kier molecular flexibility index (Phi) is 4.06. The second kappa shape index (κ2) is 5.98. The largest absolute Gasteiger partial charge is 0.329 e. The van der Waals surface area contributed by atoms with Crippen molar-refractivity contribution in [1.29, 1.82) is 0 Å². The number of hydrogen-bond acceptors (Lipinski definition) is 3. The van der Waals surface area contributed by atoms with Crippen molar-refractivity contribution in [2.75, 3.05) is 6.54 Å². The summed E-state index contributed by atoms with van der Waals surface area (Å²) in [5.74, 6) is 1.99. The van der Waals surface area contributed by atoms with Crippen molar-refractivity contribution in [2.24, 2.45) is 5.73 Å². The molecule has 1 aromatic heterocycles. The monoisotopic (exact) mass is 284 g/mol. The van der Waals surface area contributed by atoms with Gasteiger partial charge in [0.2, 0.25) is 0 Å². The van der Waals surface area contributed by atoms with E-state index in [4.69, 9.17) is 5.73 Å². The highest BCUT2D eigenvalue weighted by Crippen LogP contribution is 2.37. The van der Waals surface area contributed by atoms with E-state index in [1.807, 2.05) is 13.0 Å². The lowest BCUT2D eigenvalue weighted by molar-refractivity contribution is 0.353. The van der Waals surface area contributed by atoms with Gasteiger partial charge in [-0.25, -0.2) is 0 Å². The average molecular weight is 284 g/mol. The van der Waals surface area contributed by atoms with E-state index in [1.54, 1.807) is 0 Å². The summed E-state index contributed by atoms with van der Waals surface area (Å²) in [5.41, 5.74) is 7.33. The molecular formula is C17H24N4. The molecule has 0 unspecified atom stereocenters. The molecule has 0 amide bonds. The molecule has 0 spiro atoms. The predicted molar refractivity (Wildman–Crippen MR) is 84.5 cm³/mol. The molecule has 4 heteroatoms. The van der Waals surface area contributed by atoms with Gasteiger partial charge in [-0.2, -0.15) is 0 Å². The van der Waals surface area contributed by atoms with Crippen LogP contribution in [0, 0.1) is 6.92 Å². The van der Waals surface area contributed by atoms with Gasteiger partial charge in [0.15, 0.2) is 0 Å². The van der Waals surface area contributed by atoms with E-state index in [1.165, 1.54) is 25.7 Å². The molecule has 0 atom stereocenters. The molecule has 1 fully saturated rings. The molecule has 0 bridgehead atoms. The van der Waals surface area contributed by atoms with Crippen molar-refractivity contribution >= 4 is 0 Å². The Hall–Kier alpha value is -1.68. The predicted octanol–water partition coefficient (Wildman–Crippen LogP) is 3.13. The van der Waals surface area contributed by atoms with Gasteiger partial charge >= 0.3 is 0 Å². The molecule has 0 radical (unpaired) electrons.